The Balaban J connectivity index is 1.78. The van der Waals surface area contributed by atoms with Gasteiger partial charge in [-0.3, -0.25) is 4.79 Å². The van der Waals surface area contributed by atoms with Crippen molar-refractivity contribution in [3.8, 4) is 5.75 Å². The molecule has 4 heteroatoms. The molecule has 1 aromatic carbocycles. The van der Waals surface area contributed by atoms with E-state index in [1.165, 1.54) is 25.7 Å². The zero-order valence-electron chi connectivity index (χ0n) is 13.3. The molecule has 1 aliphatic carbocycles. The predicted molar refractivity (Wildman–Crippen MR) is 89.4 cm³/mol. The van der Waals surface area contributed by atoms with Crippen LogP contribution in [0.4, 0.5) is 0 Å². The number of aromatic nitrogens is 1. The number of fused-ring (bicyclic) bond motifs is 1. The summed E-state index contributed by atoms with van der Waals surface area (Å²) in [5.74, 6) is 1.45. The maximum atomic E-state index is 12.3. The van der Waals surface area contributed by atoms with Crippen molar-refractivity contribution in [2.75, 3.05) is 7.11 Å². The molecule has 2 unspecified atom stereocenters. The fourth-order valence-electron chi connectivity index (χ4n) is 3.34. The third-order valence-corrected chi connectivity index (χ3v) is 4.80. The highest BCUT2D eigenvalue weighted by Gasteiger charge is 2.20. The molecule has 1 aliphatic rings. The second kappa shape index (κ2) is 6.53. The molecule has 1 fully saturated rings. The van der Waals surface area contributed by atoms with Crippen molar-refractivity contribution in [2.24, 2.45) is 5.92 Å². The lowest BCUT2D eigenvalue weighted by atomic mass is 9.86. The van der Waals surface area contributed by atoms with Crippen LogP contribution in [0.25, 0.3) is 10.9 Å². The molecule has 2 N–H and O–H groups in total. The van der Waals surface area contributed by atoms with E-state index in [9.17, 15) is 4.79 Å². The number of rotatable bonds is 4. The molecule has 4 nitrogen and oxygen atoms in total. The topological polar surface area (TPSA) is 54.1 Å². The van der Waals surface area contributed by atoms with Crippen LogP contribution in [0.5, 0.6) is 5.75 Å². The van der Waals surface area contributed by atoms with E-state index in [0.29, 0.717) is 18.5 Å². The fourth-order valence-corrected chi connectivity index (χ4v) is 3.34. The van der Waals surface area contributed by atoms with E-state index in [-0.39, 0.29) is 5.56 Å². The highest BCUT2D eigenvalue weighted by Crippen LogP contribution is 2.24. The first-order valence-corrected chi connectivity index (χ1v) is 8.10. The summed E-state index contributed by atoms with van der Waals surface area (Å²) in [6.45, 7) is 2.93. The molecule has 1 heterocycles. The monoisotopic (exact) mass is 300 g/mol. The quantitative estimate of drug-likeness (QED) is 0.911. The molecule has 2 aromatic rings. The zero-order valence-corrected chi connectivity index (χ0v) is 13.3. The van der Waals surface area contributed by atoms with Crippen LogP contribution in [0.1, 0.15) is 38.2 Å². The van der Waals surface area contributed by atoms with Crippen LogP contribution < -0.4 is 15.6 Å². The Hall–Kier alpha value is -1.81. The van der Waals surface area contributed by atoms with E-state index in [0.717, 1.165) is 22.2 Å². The zero-order chi connectivity index (χ0) is 15.5. The van der Waals surface area contributed by atoms with Gasteiger partial charge >= 0.3 is 0 Å². The van der Waals surface area contributed by atoms with Crippen molar-refractivity contribution >= 4 is 10.9 Å². The Kier molecular flexibility index (Phi) is 4.48. The van der Waals surface area contributed by atoms with Gasteiger partial charge in [0.1, 0.15) is 5.75 Å². The van der Waals surface area contributed by atoms with Gasteiger partial charge < -0.3 is 15.0 Å². The van der Waals surface area contributed by atoms with Crippen LogP contribution in [-0.4, -0.2) is 18.1 Å². The molecule has 3 rings (SSSR count). The smallest absolute Gasteiger partial charge is 0.252 e. The fraction of sp³-hybridized carbons (Fsp3) is 0.500. The summed E-state index contributed by atoms with van der Waals surface area (Å²) in [7, 11) is 1.63. The van der Waals surface area contributed by atoms with E-state index >= 15 is 0 Å². The molecule has 22 heavy (non-hydrogen) atoms. The first-order valence-electron chi connectivity index (χ1n) is 8.10. The Labute approximate surface area is 130 Å². The minimum absolute atomic E-state index is 0.0169. The van der Waals surface area contributed by atoms with Gasteiger partial charge in [-0.25, -0.2) is 0 Å². The first-order chi connectivity index (χ1) is 10.7. The summed E-state index contributed by atoms with van der Waals surface area (Å²) >= 11 is 0. The summed E-state index contributed by atoms with van der Waals surface area (Å²) in [6, 6.07) is 8.27. The number of ether oxygens (including phenoxy) is 1. The molecule has 118 valence electrons. The lowest BCUT2D eigenvalue weighted by Gasteiger charge is -2.29. The minimum Gasteiger partial charge on any atom is -0.497 e. The third-order valence-electron chi connectivity index (χ3n) is 4.80. The lowest BCUT2D eigenvalue weighted by Crippen LogP contribution is -2.37. The van der Waals surface area contributed by atoms with E-state index in [1.54, 1.807) is 7.11 Å². The predicted octanol–water partition coefficient (Wildman–Crippen LogP) is 3.21. The van der Waals surface area contributed by atoms with Crippen molar-refractivity contribution in [2.45, 2.75) is 45.2 Å². The minimum atomic E-state index is -0.0169. The molecular formula is C18H24N2O2. The van der Waals surface area contributed by atoms with Crippen LogP contribution in [0.2, 0.25) is 0 Å². The Morgan fingerprint density at radius 1 is 1.27 bits per heavy atom. The Morgan fingerprint density at radius 3 is 2.86 bits per heavy atom. The van der Waals surface area contributed by atoms with Crippen LogP contribution in [0.3, 0.4) is 0 Å². The normalized spacial score (nSPS) is 21.9. The summed E-state index contributed by atoms with van der Waals surface area (Å²) in [5.41, 5.74) is 1.60. The molecule has 0 radical (unpaired) electrons. The Morgan fingerprint density at radius 2 is 2.09 bits per heavy atom. The number of hydrogen-bond acceptors (Lipinski definition) is 3. The van der Waals surface area contributed by atoms with Crippen LogP contribution >= 0.6 is 0 Å². The second-order valence-electron chi connectivity index (χ2n) is 6.33. The van der Waals surface area contributed by atoms with Crippen molar-refractivity contribution in [1.82, 2.24) is 10.3 Å². The molecular weight excluding hydrogens is 276 g/mol. The summed E-state index contributed by atoms with van der Waals surface area (Å²) in [4.78, 5) is 15.2. The van der Waals surface area contributed by atoms with Gasteiger partial charge in [-0.2, -0.15) is 0 Å². The van der Waals surface area contributed by atoms with Crippen molar-refractivity contribution < 1.29 is 4.74 Å². The van der Waals surface area contributed by atoms with Crippen LogP contribution in [0.15, 0.2) is 29.1 Å². The average molecular weight is 300 g/mol. The number of hydrogen-bond donors (Lipinski definition) is 2. The third kappa shape index (κ3) is 3.17. The van der Waals surface area contributed by atoms with Gasteiger partial charge in [-0.15, -0.1) is 0 Å². The van der Waals surface area contributed by atoms with Gasteiger partial charge in [0.15, 0.2) is 0 Å². The standard InChI is InChI=1S/C18H24N2O2/c1-12-5-3-4-6-16(12)19-11-14-9-13-7-8-15(22-2)10-17(13)20-18(14)21/h7-10,12,16,19H,3-6,11H2,1-2H3,(H,20,21). The number of pyridine rings is 1. The van der Waals surface area contributed by atoms with Crippen molar-refractivity contribution in [3.05, 3.63) is 40.2 Å². The number of methoxy groups -OCH3 is 1. The van der Waals surface area contributed by atoms with Gasteiger partial charge in [0, 0.05) is 24.2 Å². The van der Waals surface area contributed by atoms with E-state index in [2.05, 4.69) is 17.2 Å². The second-order valence-corrected chi connectivity index (χ2v) is 6.33. The average Bonchev–Trinajstić information content (AvgIpc) is 2.53. The van der Waals surface area contributed by atoms with Crippen molar-refractivity contribution in [1.29, 1.82) is 0 Å². The summed E-state index contributed by atoms with van der Waals surface area (Å²) < 4.78 is 5.20. The largest absolute Gasteiger partial charge is 0.497 e. The number of benzene rings is 1. The molecule has 0 aliphatic heterocycles. The van der Waals surface area contributed by atoms with E-state index in [4.69, 9.17) is 4.74 Å². The maximum absolute atomic E-state index is 12.3. The molecule has 1 saturated carbocycles. The molecule has 2 atom stereocenters. The SMILES string of the molecule is COc1ccc2cc(CNC3CCCCC3C)c(=O)[nH]c2c1. The summed E-state index contributed by atoms with van der Waals surface area (Å²) in [6.07, 6.45) is 5.11. The Bertz CT molecular complexity index is 708. The van der Waals surface area contributed by atoms with Gasteiger partial charge in [0.25, 0.3) is 5.56 Å². The van der Waals surface area contributed by atoms with Gasteiger partial charge in [-0.05, 0) is 42.3 Å². The molecule has 1 aromatic heterocycles. The van der Waals surface area contributed by atoms with E-state index in [1.807, 2.05) is 24.3 Å². The molecule has 0 saturated heterocycles. The van der Waals surface area contributed by atoms with Gasteiger partial charge in [0.2, 0.25) is 0 Å². The number of aromatic amines is 1. The number of nitrogens with one attached hydrogen (secondary N) is 2. The van der Waals surface area contributed by atoms with Crippen LogP contribution in [0, 0.1) is 5.92 Å². The maximum Gasteiger partial charge on any atom is 0.252 e. The van der Waals surface area contributed by atoms with Gasteiger partial charge in [0.05, 0.1) is 12.6 Å². The molecule has 0 bridgehead atoms. The summed E-state index contributed by atoms with van der Waals surface area (Å²) in [5, 5.41) is 4.61. The highest BCUT2D eigenvalue weighted by atomic mass is 16.5. The molecule has 0 spiro atoms. The number of H-pyrrole nitrogens is 1. The van der Waals surface area contributed by atoms with Crippen molar-refractivity contribution in [3.63, 3.8) is 0 Å². The van der Waals surface area contributed by atoms with Gasteiger partial charge in [-0.1, -0.05) is 19.8 Å². The lowest BCUT2D eigenvalue weighted by molar-refractivity contribution is 0.279. The molecule has 0 amide bonds. The van der Waals surface area contributed by atoms with Crippen LogP contribution in [-0.2, 0) is 6.54 Å². The van der Waals surface area contributed by atoms with E-state index < -0.39 is 0 Å². The first kappa shape index (κ1) is 15.1. The highest BCUT2D eigenvalue weighted by molar-refractivity contribution is 5.80.